The number of aromatic nitrogens is 3. The summed E-state index contributed by atoms with van der Waals surface area (Å²) in [7, 11) is 0. The third kappa shape index (κ3) is 3.10. The van der Waals surface area contributed by atoms with Gasteiger partial charge in [-0.2, -0.15) is 0 Å². The van der Waals surface area contributed by atoms with Gasteiger partial charge in [-0.1, -0.05) is 6.07 Å². The third-order valence-corrected chi connectivity index (χ3v) is 2.06. The van der Waals surface area contributed by atoms with Crippen LogP contribution in [0.1, 0.15) is 12.8 Å². The zero-order valence-electron chi connectivity index (χ0n) is 9.38. The summed E-state index contributed by atoms with van der Waals surface area (Å²) < 4.78 is 5.42. The normalized spacial score (nSPS) is 10.2. The van der Waals surface area contributed by atoms with Gasteiger partial charge in [0.05, 0.1) is 0 Å². The maximum Gasteiger partial charge on any atom is 0.266 e. The number of hydrogen-bond acceptors (Lipinski definition) is 5. The van der Waals surface area contributed by atoms with Crippen LogP contribution in [0.3, 0.4) is 0 Å². The van der Waals surface area contributed by atoms with Crippen molar-refractivity contribution in [2.45, 2.75) is 13.3 Å². The summed E-state index contributed by atoms with van der Waals surface area (Å²) in [4.78, 5) is 14.8. The minimum absolute atomic E-state index is 0.0746. The summed E-state index contributed by atoms with van der Waals surface area (Å²) in [6.45, 7) is 1.95. The van der Waals surface area contributed by atoms with Crippen LogP contribution in [-0.2, 0) is 11.2 Å². The Bertz CT molecular complexity index is 495. The fourth-order valence-electron chi connectivity index (χ4n) is 1.29. The van der Waals surface area contributed by atoms with Crippen LogP contribution in [-0.4, -0.2) is 27.6 Å². The second-order valence-corrected chi connectivity index (χ2v) is 3.45. The van der Waals surface area contributed by atoms with E-state index >= 15 is 0 Å². The van der Waals surface area contributed by atoms with Crippen molar-refractivity contribution in [3.8, 4) is 11.6 Å². The largest absolute Gasteiger partial charge is 0.419 e. The van der Waals surface area contributed by atoms with Crippen LogP contribution >= 0.6 is 0 Å². The molecule has 0 aliphatic carbocycles. The lowest BCUT2D eigenvalue weighted by atomic mass is 10.3. The Morgan fingerprint density at radius 1 is 1.41 bits per heavy atom. The van der Waals surface area contributed by atoms with Crippen LogP contribution in [0.2, 0.25) is 0 Å². The smallest absolute Gasteiger partial charge is 0.266 e. The molecule has 0 unspecified atom stereocenters. The number of carbonyl (C=O) groups is 1. The molecule has 0 spiro atoms. The van der Waals surface area contributed by atoms with Crippen molar-refractivity contribution in [3.05, 3.63) is 30.3 Å². The van der Waals surface area contributed by atoms with E-state index < -0.39 is 0 Å². The SMILES string of the molecule is CC(=O)NCCc1nnc(-c2ccccn2)o1. The highest BCUT2D eigenvalue weighted by Crippen LogP contribution is 2.13. The molecule has 0 aliphatic rings. The molecular formula is C11H12N4O2. The van der Waals surface area contributed by atoms with Gasteiger partial charge in [-0.05, 0) is 12.1 Å². The molecule has 0 atom stereocenters. The lowest BCUT2D eigenvalue weighted by Crippen LogP contribution is -2.22. The van der Waals surface area contributed by atoms with Crippen molar-refractivity contribution in [1.29, 1.82) is 0 Å². The molecular weight excluding hydrogens is 220 g/mol. The predicted molar refractivity (Wildman–Crippen MR) is 59.9 cm³/mol. The Hall–Kier alpha value is -2.24. The van der Waals surface area contributed by atoms with Gasteiger partial charge < -0.3 is 9.73 Å². The molecule has 0 saturated heterocycles. The van der Waals surface area contributed by atoms with E-state index in [2.05, 4.69) is 20.5 Å². The molecule has 17 heavy (non-hydrogen) atoms. The highest BCUT2D eigenvalue weighted by atomic mass is 16.4. The van der Waals surface area contributed by atoms with E-state index in [0.29, 0.717) is 30.4 Å². The molecule has 0 saturated carbocycles. The maximum absolute atomic E-state index is 10.7. The lowest BCUT2D eigenvalue weighted by molar-refractivity contribution is -0.118. The highest BCUT2D eigenvalue weighted by Gasteiger charge is 2.08. The first-order chi connectivity index (χ1) is 8.25. The number of carbonyl (C=O) groups excluding carboxylic acids is 1. The van der Waals surface area contributed by atoms with Gasteiger partial charge in [0.1, 0.15) is 5.69 Å². The average molecular weight is 232 g/mol. The number of pyridine rings is 1. The number of nitrogens with one attached hydrogen (secondary N) is 1. The van der Waals surface area contributed by atoms with Crippen LogP contribution in [0, 0.1) is 0 Å². The zero-order valence-corrected chi connectivity index (χ0v) is 9.38. The Morgan fingerprint density at radius 3 is 3.00 bits per heavy atom. The molecule has 6 heteroatoms. The molecule has 2 aromatic heterocycles. The third-order valence-electron chi connectivity index (χ3n) is 2.06. The van der Waals surface area contributed by atoms with Crippen molar-refractivity contribution < 1.29 is 9.21 Å². The van der Waals surface area contributed by atoms with E-state index in [1.165, 1.54) is 6.92 Å². The minimum atomic E-state index is -0.0746. The van der Waals surface area contributed by atoms with Gasteiger partial charge in [0.2, 0.25) is 11.8 Å². The quantitative estimate of drug-likeness (QED) is 0.843. The molecule has 2 rings (SSSR count). The summed E-state index contributed by atoms with van der Waals surface area (Å²) >= 11 is 0. The second kappa shape index (κ2) is 5.20. The Balaban J connectivity index is 1.99. The summed E-state index contributed by atoms with van der Waals surface area (Å²) in [5, 5.41) is 10.4. The van der Waals surface area contributed by atoms with Crippen LogP contribution in [0.5, 0.6) is 0 Å². The Kier molecular flexibility index (Phi) is 3.44. The van der Waals surface area contributed by atoms with Gasteiger partial charge in [-0.25, -0.2) is 0 Å². The van der Waals surface area contributed by atoms with Crippen molar-refractivity contribution in [1.82, 2.24) is 20.5 Å². The molecule has 2 aromatic rings. The van der Waals surface area contributed by atoms with Crippen molar-refractivity contribution in [2.75, 3.05) is 6.54 Å². The first-order valence-corrected chi connectivity index (χ1v) is 5.24. The standard InChI is InChI=1S/C11H12N4O2/c1-8(16)12-7-5-10-14-15-11(17-10)9-4-2-3-6-13-9/h2-4,6H,5,7H2,1H3,(H,12,16). The summed E-state index contributed by atoms with van der Waals surface area (Å²) in [5.74, 6) is 0.803. The molecule has 1 N–H and O–H groups in total. The Morgan fingerprint density at radius 2 is 2.29 bits per heavy atom. The summed E-state index contributed by atoms with van der Waals surface area (Å²) in [6, 6.07) is 5.46. The van der Waals surface area contributed by atoms with E-state index in [0.717, 1.165) is 0 Å². The minimum Gasteiger partial charge on any atom is -0.419 e. The van der Waals surface area contributed by atoms with Gasteiger partial charge in [0.25, 0.3) is 5.89 Å². The number of hydrogen-bond donors (Lipinski definition) is 1. The molecule has 0 aromatic carbocycles. The van der Waals surface area contributed by atoms with Gasteiger partial charge >= 0.3 is 0 Å². The number of amides is 1. The van der Waals surface area contributed by atoms with Crippen LogP contribution < -0.4 is 5.32 Å². The fraction of sp³-hybridized carbons (Fsp3) is 0.273. The van der Waals surface area contributed by atoms with Crippen molar-refractivity contribution >= 4 is 5.91 Å². The van der Waals surface area contributed by atoms with Gasteiger partial charge in [0.15, 0.2) is 0 Å². The molecule has 0 bridgehead atoms. The monoisotopic (exact) mass is 232 g/mol. The highest BCUT2D eigenvalue weighted by molar-refractivity contribution is 5.72. The summed E-state index contributed by atoms with van der Waals surface area (Å²) in [5.41, 5.74) is 0.644. The molecule has 2 heterocycles. The van der Waals surface area contributed by atoms with E-state index in [-0.39, 0.29) is 5.91 Å². The van der Waals surface area contributed by atoms with Crippen molar-refractivity contribution in [2.24, 2.45) is 0 Å². The van der Waals surface area contributed by atoms with E-state index in [1.54, 1.807) is 12.3 Å². The Labute approximate surface area is 98.1 Å². The maximum atomic E-state index is 10.7. The first-order valence-electron chi connectivity index (χ1n) is 5.24. The molecule has 0 radical (unpaired) electrons. The zero-order chi connectivity index (χ0) is 12.1. The fourth-order valence-corrected chi connectivity index (χ4v) is 1.29. The van der Waals surface area contributed by atoms with Crippen LogP contribution in [0.25, 0.3) is 11.6 Å². The molecule has 0 aliphatic heterocycles. The lowest BCUT2D eigenvalue weighted by Gasteiger charge is -1.96. The van der Waals surface area contributed by atoms with Gasteiger partial charge in [0, 0.05) is 26.1 Å². The van der Waals surface area contributed by atoms with Crippen LogP contribution in [0.15, 0.2) is 28.8 Å². The van der Waals surface area contributed by atoms with Gasteiger partial charge in [-0.15, -0.1) is 10.2 Å². The van der Waals surface area contributed by atoms with E-state index in [1.807, 2.05) is 12.1 Å². The number of rotatable bonds is 4. The first kappa shape index (κ1) is 11.3. The number of nitrogens with zero attached hydrogens (tertiary/aromatic N) is 3. The summed E-state index contributed by atoms with van der Waals surface area (Å²) in [6.07, 6.45) is 2.18. The molecule has 1 amide bonds. The van der Waals surface area contributed by atoms with E-state index in [9.17, 15) is 4.79 Å². The van der Waals surface area contributed by atoms with Gasteiger partial charge in [-0.3, -0.25) is 9.78 Å². The molecule has 6 nitrogen and oxygen atoms in total. The molecule has 0 fully saturated rings. The second-order valence-electron chi connectivity index (χ2n) is 3.45. The van der Waals surface area contributed by atoms with E-state index in [4.69, 9.17) is 4.42 Å². The topological polar surface area (TPSA) is 80.9 Å². The van der Waals surface area contributed by atoms with Crippen molar-refractivity contribution in [3.63, 3.8) is 0 Å². The predicted octanol–water partition coefficient (Wildman–Crippen LogP) is 0.810. The average Bonchev–Trinajstić information content (AvgIpc) is 2.78. The van der Waals surface area contributed by atoms with Crippen LogP contribution in [0.4, 0.5) is 0 Å². The molecule has 88 valence electrons.